The van der Waals surface area contributed by atoms with Crippen LogP contribution in [-0.4, -0.2) is 4.57 Å². The fraction of sp³-hybridized carbons (Fsp3) is 0. The average Bonchev–Trinajstić information content (AvgIpc) is 3.77. The molecule has 210 valence electrons. The second-order valence-corrected chi connectivity index (χ2v) is 13.9. The molecular formula is C42H25NS2. The summed E-state index contributed by atoms with van der Waals surface area (Å²) in [4.78, 5) is 0. The van der Waals surface area contributed by atoms with Gasteiger partial charge in [-0.2, -0.15) is 0 Å². The number of benzene rings is 7. The number of nitrogens with zero attached hydrogens (tertiary/aromatic N) is 1. The molecule has 1 nitrogen and oxygen atoms in total. The van der Waals surface area contributed by atoms with Crippen molar-refractivity contribution in [2.45, 2.75) is 0 Å². The van der Waals surface area contributed by atoms with Crippen LogP contribution in [0.2, 0.25) is 0 Å². The van der Waals surface area contributed by atoms with Crippen molar-refractivity contribution < 1.29 is 0 Å². The molecule has 7 aromatic carbocycles. The van der Waals surface area contributed by atoms with Gasteiger partial charge in [-0.05, 0) is 70.8 Å². The van der Waals surface area contributed by atoms with Crippen molar-refractivity contribution in [2.75, 3.05) is 0 Å². The molecule has 45 heavy (non-hydrogen) atoms. The molecule has 0 bridgehead atoms. The van der Waals surface area contributed by atoms with Crippen LogP contribution in [0.25, 0.3) is 90.1 Å². The first kappa shape index (κ1) is 25.1. The molecule has 0 unspecified atom stereocenters. The van der Waals surface area contributed by atoms with E-state index in [1.54, 1.807) is 0 Å². The number of para-hydroxylation sites is 1. The summed E-state index contributed by atoms with van der Waals surface area (Å²) in [6.45, 7) is 0. The lowest BCUT2D eigenvalue weighted by molar-refractivity contribution is 1.19. The molecule has 0 saturated carbocycles. The molecule has 10 rings (SSSR count). The Kier molecular flexibility index (Phi) is 5.39. The Balaban J connectivity index is 1.20. The number of hydrogen-bond acceptors (Lipinski definition) is 2. The van der Waals surface area contributed by atoms with E-state index in [9.17, 15) is 0 Å². The third kappa shape index (κ3) is 3.72. The van der Waals surface area contributed by atoms with Crippen LogP contribution in [-0.2, 0) is 0 Å². The third-order valence-electron chi connectivity index (χ3n) is 9.21. The second-order valence-electron chi connectivity index (χ2n) is 11.7. The van der Waals surface area contributed by atoms with Crippen molar-refractivity contribution in [1.29, 1.82) is 0 Å². The molecule has 0 N–H and O–H groups in total. The maximum absolute atomic E-state index is 2.43. The summed E-state index contributed by atoms with van der Waals surface area (Å²) in [5.74, 6) is 0. The highest BCUT2D eigenvalue weighted by Gasteiger charge is 2.18. The van der Waals surface area contributed by atoms with Gasteiger partial charge in [-0.15, -0.1) is 22.7 Å². The van der Waals surface area contributed by atoms with Crippen molar-refractivity contribution in [1.82, 2.24) is 4.57 Å². The molecule has 0 atom stereocenters. The smallest absolute Gasteiger partial charge is 0.0541 e. The average molecular weight is 608 g/mol. The van der Waals surface area contributed by atoms with Crippen LogP contribution in [0.3, 0.4) is 0 Å². The minimum absolute atomic E-state index is 1.19. The van der Waals surface area contributed by atoms with Gasteiger partial charge in [0.15, 0.2) is 0 Å². The minimum atomic E-state index is 1.19. The zero-order valence-electron chi connectivity index (χ0n) is 24.2. The van der Waals surface area contributed by atoms with Gasteiger partial charge in [0.2, 0.25) is 0 Å². The van der Waals surface area contributed by atoms with Crippen molar-refractivity contribution in [3.05, 3.63) is 152 Å². The molecule has 3 aromatic heterocycles. The van der Waals surface area contributed by atoms with Gasteiger partial charge >= 0.3 is 0 Å². The highest BCUT2D eigenvalue weighted by atomic mass is 32.1. The first-order valence-corrected chi connectivity index (χ1v) is 16.9. The minimum Gasteiger partial charge on any atom is -0.309 e. The van der Waals surface area contributed by atoms with Crippen LogP contribution in [0.15, 0.2) is 152 Å². The summed E-state index contributed by atoms with van der Waals surface area (Å²) in [6.07, 6.45) is 0. The summed E-state index contributed by atoms with van der Waals surface area (Å²) in [5, 5.41) is 7.93. The van der Waals surface area contributed by atoms with Gasteiger partial charge in [0.25, 0.3) is 0 Å². The van der Waals surface area contributed by atoms with Gasteiger partial charge in [0.05, 0.1) is 11.0 Å². The van der Waals surface area contributed by atoms with Gasteiger partial charge in [-0.1, -0.05) is 103 Å². The Morgan fingerprint density at radius 3 is 1.78 bits per heavy atom. The van der Waals surface area contributed by atoms with Crippen molar-refractivity contribution in [3.63, 3.8) is 0 Å². The Morgan fingerprint density at radius 1 is 0.356 bits per heavy atom. The van der Waals surface area contributed by atoms with Crippen LogP contribution < -0.4 is 0 Å². The van der Waals surface area contributed by atoms with Crippen LogP contribution in [0, 0.1) is 0 Å². The van der Waals surface area contributed by atoms with Crippen LogP contribution >= 0.6 is 22.7 Å². The van der Waals surface area contributed by atoms with Crippen LogP contribution in [0.1, 0.15) is 0 Å². The molecule has 0 spiro atoms. The first-order valence-electron chi connectivity index (χ1n) is 15.3. The fourth-order valence-electron chi connectivity index (χ4n) is 7.24. The topological polar surface area (TPSA) is 4.93 Å². The zero-order chi connectivity index (χ0) is 29.5. The molecule has 0 aliphatic heterocycles. The number of rotatable bonds is 3. The predicted octanol–water partition coefficient (Wildman–Crippen LogP) is 12.9. The second kappa shape index (κ2) is 9.64. The summed E-state index contributed by atoms with van der Waals surface area (Å²) < 4.78 is 7.75. The Bertz CT molecular complexity index is 2760. The van der Waals surface area contributed by atoms with E-state index in [-0.39, 0.29) is 0 Å². The lowest BCUT2D eigenvalue weighted by Crippen LogP contribution is -1.93. The summed E-state index contributed by atoms with van der Waals surface area (Å²) in [7, 11) is 0. The van der Waals surface area contributed by atoms with Crippen molar-refractivity contribution in [2.24, 2.45) is 0 Å². The molecule has 0 radical (unpaired) electrons. The molecule has 0 amide bonds. The number of aromatic nitrogens is 1. The third-order valence-corrected chi connectivity index (χ3v) is 11.5. The summed E-state index contributed by atoms with van der Waals surface area (Å²) >= 11 is 3.78. The highest BCUT2D eigenvalue weighted by molar-refractivity contribution is 7.26. The molecule has 0 saturated heterocycles. The Morgan fingerprint density at radius 2 is 0.978 bits per heavy atom. The van der Waals surface area contributed by atoms with Crippen molar-refractivity contribution >= 4 is 84.8 Å². The van der Waals surface area contributed by atoms with E-state index in [2.05, 4.69) is 156 Å². The van der Waals surface area contributed by atoms with Crippen LogP contribution in [0.4, 0.5) is 0 Å². The van der Waals surface area contributed by atoms with E-state index in [1.165, 1.54) is 90.1 Å². The quantitative estimate of drug-likeness (QED) is 0.188. The normalized spacial score (nSPS) is 12.0. The van der Waals surface area contributed by atoms with Crippen LogP contribution in [0.5, 0.6) is 0 Å². The molecule has 10 aromatic rings. The molecule has 0 fully saturated rings. The van der Waals surface area contributed by atoms with E-state index in [0.717, 1.165) is 0 Å². The van der Waals surface area contributed by atoms with Gasteiger partial charge in [0.1, 0.15) is 0 Å². The van der Waals surface area contributed by atoms with E-state index in [0.29, 0.717) is 0 Å². The number of fused-ring (bicyclic) bond motifs is 9. The largest absolute Gasteiger partial charge is 0.309 e. The monoisotopic (exact) mass is 607 g/mol. The maximum atomic E-state index is 2.43. The molecule has 0 aliphatic rings. The Labute approximate surface area is 267 Å². The number of hydrogen-bond donors (Lipinski definition) is 0. The lowest BCUT2D eigenvalue weighted by atomic mass is 9.95. The van der Waals surface area contributed by atoms with E-state index in [4.69, 9.17) is 0 Å². The molecular weight excluding hydrogens is 583 g/mol. The Hall–Kier alpha value is -5.22. The standard InChI is InChI=1S/C42H25NS2/c1-2-10-26(11-3-1)27-20-23-36-34(24-27)29-12-4-6-16-35(29)43(36)28-21-22-33-40(25-28)45-39-19-9-15-31(42(33)39)30-14-8-18-38-41(30)32-13-5-7-17-37(32)44-38/h1-25H. The molecule has 3 heterocycles. The predicted molar refractivity (Wildman–Crippen MR) is 197 cm³/mol. The van der Waals surface area contributed by atoms with Gasteiger partial charge in [-0.3, -0.25) is 0 Å². The zero-order valence-corrected chi connectivity index (χ0v) is 25.8. The highest BCUT2D eigenvalue weighted by Crippen LogP contribution is 2.46. The molecule has 0 aliphatic carbocycles. The number of thiophene rings is 2. The van der Waals surface area contributed by atoms with Gasteiger partial charge in [0, 0.05) is 56.8 Å². The SMILES string of the molecule is c1ccc(-c2ccc3c(c2)c2ccccc2n3-c2ccc3c(c2)sc2cccc(-c4cccc5sc6ccccc6c45)c23)cc1. The first-order chi connectivity index (χ1) is 22.3. The van der Waals surface area contributed by atoms with Crippen molar-refractivity contribution in [3.8, 4) is 27.9 Å². The fourth-order valence-corrected chi connectivity index (χ4v) is 9.54. The van der Waals surface area contributed by atoms with E-state index in [1.807, 2.05) is 22.7 Å². The van der Waals surface area contributed by atoms with Gasteiger partial charge in [-0.25, -0.2) is 0 Å². The summed E-state index contributed by atoms with van der Waals surface area (Å²) in [5.41, 5.74) is 8.77. The lowest BCUT2D eigenvalue weighted by Gasteiger charge is -2.10. The molecule has 3 heteroatoms. The van der Waals surface area contributed by atoms with E-state index < -0.39 is 0 Å². The maximum Gasteiger partial charge on any atom is 0.0541 e. The summed E-state index contributed by atoms with van der Waals surface area (Å²) in [6, 6.07) is 55.8. The van der Waals surface area contributed by atoms with Gasteiger partial charge < -0.3 is 4.57 Å². The van der Waals surface area contributed by atoms with E-state index >= 15 is 0 Å².